The van der Waals surface area contributed by atoms with Crippen molar-refractivity contribution in [3.63, 3.8) is 0 Å². The molecule has 0 heterocycles. The van der Waals surface area contributed by atoms with Gasteiger partial charge in [-0.1, -0.05) is 6.07 Å². The van der Waals surface area contributed by atoms with Gasteiger partial charge in [0.2, 0.25) is 5.91 Å². The molecule has 2 rings (SSSR count). The maximum Gasteiger partial charge on any atom is 0.227 e. The van der Waals surface area contributed by atoms with E-state index >= 15 is 0 Å². The number of carbonyl (C=O) groups excluding carboxylic acids is 1. The molecule has 0 spiro atoms. The molecule has 0 unspecified atom stereocenters. The highest BCUT2D eigenvalue weighted by Gasteiger charge is 2.24. The Morgan fingerprint density at radius 2 is 2.00 bits per heavy atom. The molecule has 0 saturated heterocycles. The fraction of sp³-hybridized carbons (Fsp3) is 0.500. The van der Waals surface area contributed by atoms with Crippen LogP contribution in [-0.4, -0.2) is 17.1 Å². The zero-order valence-electron chi connectivity index (χ0n) is 10.6. The highest BCUT2D eigenvalue weighted by Crippen LogP contribution is 2.28. The van der Waals surface area contributed by atoms with E-state index in [1.54, 1.807) is 12.1 Å². The lowest BCUT2D eigenvalue weighted by Crippen LogP contribution is -2.32. The number of benzene rings is 1. The van der Waals surface area contributed by atoms with E-state index in [2.05, 4.69) is 5.32 Å². The summed E-state index contributed by atoms with van der Waals surface area (Å²) in [7, 11) is 0. The molecule has 1 fully saturated rings. The second-order valence-corrected chi connectivity index (χ2v) is 5.12. The summed E-state index contributed by atoms with van der Waals surface area (Å²) < 4.78 is 0. The number of phenolic OH excluding ortho intramolecular Hbond substituents is 1. The van der Waals surface area contributed by atoms with Crippen LogP contribution in [0.15, 0.2) is 18.2 Å². The maximum absolute atomic E-state index is 12.1. The number of phenols is 1. The van der Waals surface area contributed by atoms with Crippen LogP contribution in [0.25, 0.3) is 0 Å². The average Bonchev–Trinajstić information content (AvgIpc) is 2.34. The Morgan fingerprint density at radius 1 is 1.33 bits per heavy atom. The van der Waals surface area contributed by atoms with Gasteiger partial charge in [0.1, 0.15) is 5.75 Å². The Labute approximate surface area is 107 Å². The summed E-state index contributed by atoms with van der Waals surface area (Å²) in [5, 5.41) is 12.5. The molecular weight excluding hydrogens is 228 g/mol. The van der Waals surface area contributed by atoms with Crippen LogP contribution in [0.1, 0.15) is 31.2 Å². The lowest BCUT2D eigenvalue weighted by atomic mass is 9.86. The lowest BCUT2D eigenvalue weighted by molar-refractivity contribution is -0.120. The van der Waals surface area contributed by atoms with Crippen LogP contribution in [0.4, 0.5) is 5.69 Å². The number of hydrogen-bond acceptors (Lipinski definition) is 3. The quantitative estimate of drug-likeness (QED) is 0.702. The Morgan fingerprint density at radius 3 is 2.67 bits per heavy atom. The van der Waals surface area contributed by atoms with Crippen LogP contribution in [0.3, 0.4) is 0 Å². The average molecular weight is 248 g/mol. The van der Waals surface area contributed by atoms with E-state index in [0.29, 0.717) is 5.69 Å². The molecule has 0 aromatic heterocycles. The van der Waals surface area contributed by atoms with Gasteiger partial charge in [0.15, 0.2) is 0 Å². The van der Waals surface area contributed by atoms with E-state index in [9.17, 15) is 9.90 Å². The standard InChI is InChI=1S/C14H20N2O2/c1-9-2-7-13(17)12(8-9)16-14(18)10-3-5-11(15)6-4-10/h2,7-8,10-11,17H,3-6,15H2,1H3,(H,16,18). The van der Waals surface area contributed by atoms with Crippen molar-refractivity contribution in [2.45, 2.75) is 38.6 Å². The third kappa shape index (κ3) is 3.01. The van der Waals surface area contributed by atoms with Crippen molar-refractivity contribution in [2.75, 3.05) is 5.32 Å². The van der Waals surface area contributed by atoms with E-state index in [-0.39, 0.29) is 23.6 Å². The van der Waals surface area contributed by atoms with Gasteiger partial charge in [-0.2, -0.15) is 0 Å². The molecule has 4 N–H and O–H groups in total. The second-order valence-electron chi connectivity index (χ2n) is 5.12. The predicted octanol–water partition coefficient (Wildman–Crippen LogP) is 2.16. The predicted molar refractivity (Wildman–Crippen MR) is 71.4 cm³/mol. The molecule has 1 aliphatic rings. The van der Waals surface area contributed by atoms with Gasteiger partial charge < -0.3 is 16.2 Å². The van der Waals surface area contributed by atoms with Gasteiger partial charge in [-0.25, -0.2) is 0 Å². The molecule has 0 atom stereocenters. The van der Waals surface area contributed by atoms with Crippen molar-refractivity contribution in [3.8, 4) is 5.75 Å². The summed E-state index contributed by atoms with van der Waals surface area (Å²) in [5.41, 5.74) is 7.33. The lowest BCUT2D eigenvalue weighted by Gasteiger charge is -2.25. The molecule has 1 aliphatic carbocycles. The van der Waals surface area contributed by atoms with Crippen LogP contribution >= 0.6 is 0 Å². The van der Waals surface area contributed by atoms with E-state index in [0.717, 1.165) is 31.2 Å². The van der Waals surface area contributed by atoms with E-state index < -0.39 is 0 Å². The summed E-state index contributed by atoms with van der Waals surface area (Å²) in [6.07, 6.45) is 3.47. The maximum atomic E-state index is 12.1. The molecule has 18 heavy (non-hydrogen) atoms. The molecule has 4 heteroatoms. The molecular formula is C14H20N2O2. The molecule has 0 bridgehead atoms. The fourth-order valence-electron chi connectivity index (χ4n) is 2.37. The minimum atomic E-state index is -0.0113. The van der Waals surface area contributed by atoms with Gasteiger partial charge >= 0.3 is 0 Å². The summed E-state index contributed by atoms with van der Waals surface area (Å²) in [6.45, 7) is 1.93. The van der Waals surface area contributed by atoms with Crippen molar-refractivity contribution in [1.82, 2.24) is 0 Å². The summed E-state index contributed by atoms with van der Waals surface area (Å²) >= 11 is 0. The molecule has 98 valence electrons. The third-order valence-electron chi connectivity index (χ3n) is 3.55. The number of carbonyl (C=O) groups is 1. The number of aryl methyl sites for hydroxylation is 1. The molecule has 1 amide bonds. The van der Waals surface area contributed by atoms with Crippen molar-refractivity contribution in [3.05, 3.63) is 23.8 Å². The molecule has 1 aromatic rings. The number of rotatable bonds is 2. The number of anilines is 1. The Kier molecular flexibility index (Phi) is 3.87. The topological polar surface area (TPSA) is 75.3 Å². The first-order valence-electron chi connectivity index (χ1n) is 6.42. The number of hydrogen-bond donors (Lipinski definition) is 3. The van der Waals surface area contributed by atoms with Crippen molar-refractivity contribution >= 4 is 11.6 Å². The zero-order valence-corrected chi connectivity index (χ0v) is 10.6. The van der Waals surface area contributed by atoms with Gasteiger partial charge in [0, 0.05) is 12.0 Å². The Balaban J connectivity index is 2.00. The highest BCUT2D eigenvalue weighted by molar-refractivity contribution is 5.94. The molecule has 1 aromatic carbocycles. The van der Waals surface area contributed by atoms with Gasteiger partial charge in [-0.15, -0.1) is 0 Å². The summed E-state index contributed by atoms with van der Waals surface area (Å²) in [5.74, 6) is 0.119. The largest absolute Gasteiger partial charge is 0.506 e. The first-order chi connectivity index (χ1) is 8.56. The first-order valence-corrected chi connectivity index (χ1v) is 6.42. The summed E-state index contributed by atoms with van der Waals surface area (Å²) in [4.78, 5) is 12.1. The summed E-state index contributed by atoms with van der Waals surface area (Å²) in [6, 6.07) is 5.43. The van der Waals surface area contributed by atoms with Gasteiger partial charge in [0.25, 0.3) is 0 Å². The minimum absolute atomic E-state index is 0.0113. The monoisotopic (exact) mass is 248 g/mol. The van der Waals surface area contributed by atoms with Crippen molar-refractivity contribution in [2.24, 2.45) is 11.7 Å². The Bertz CT molecular complexity index is 437. The smallest absolute Gasteiger partial charge is 0.227 e. The molecule has 4 nitrogen and oxygen atoms in total. The van der Waals surface area contributed by atoms with Crippen molar-refractivity contribution in [1.29, 1.82) is 0 Å². The molecule has 0 aliphatic heterocycles. The Hall–Kier alpha value is -1.55. The SMILES string of the molecule is Cc1ccc(O)c(NC(=O)C2CCC(N)CC2)c1. The molecule has 1 saturated carbocycles. The minimum Gasteiger partial charge on any atom is -0.506 e. The van der Waals surface area contributed by atoms with Gasteiger partial charge in [-0.3, -0.25) is 4.79 Å². The van der Waals surface area contributed by atoms with Crippen LogP contribution < -0.4 is 11.1 Å². The van der Waals surface area contributed by atoms with Gasteiger partial charge in [0.05, 0.1) is 5.69 Å². The number of amides is 1. The van der Waals surface area contributed by atoms with Gasteiger partial charge in [-0.05, 0) is 50.3 Å². The second kappa shape index (κ2) is 5.40. The number of nitrogens with one attached hydrogen (secondary N) is 1. The van der Waals surface area contributed by atoms with E-state index in [1.807, 2.05) is 13.0 Å². The van der Waals surface area contributed by atoms with E-state index in [1.165, 1.54) is 0 Å². The van der Waals surface area contributed by atoms with Crippen LogP contribution in [0.2, 0.25) is 0 Å². The first kappa shape index (κ1) is 12.9. The van der Waals surface area contributed by atoms with Crippen LogP contribution in [0, 0.1) is 12.8 Å². The van der Waals surface area contributed by atoms with E-state index in [4.69, 9.17) is 5.73 Å². The third-order valence-corrected chi connectivity index (χ3v) is 3.55. The number of aromatic hydroxyl groups is 1. The van der Waals surface area contributed by atoms with Crippen LogP contribution in [-0.2, 0) is 4.79 Å². The number of nitrogens with two attached hydrogens (primary N) is 1. The normalized spacial score (nSPS) is 23.7. The fourth-order valence-corrected chi connectivity index (χ4v) is 2.37. The highest BCUT2D eigenvalue weighted by atomic mass is 16.3. The van der Waals surface area contributed by atoms with Crippen LogP contribution in [0.5, 0.6) is 5.75 Å². The zero-order chi connectivity index (χ0) is 13.1. The molecule has 0 radical (unpaired) electrons. The van der Waals surface area contributed by atoms with Crippen molar-refractivity contribution < 1.29 is 9.90 Å².